The third-order valence-corrected chi connectivity index (χ3v) is 3.96. The van der Waals surface area contributed by atoms with Crippen molar-refractivity contribution >= 4 is 5.91 Å². The molecule has 0 aliphatic heterocycles. The molecule has 1 heterocycles. The molecule has 1 aromatic rings. The van der Waals surface area contributed by atoms with E-state index in [0.717, 1.165) is 19.3 Å². The number of hydrogen-bond acceptors (Lipinski definition) is 3. The highest BCUT2D eigenvalue weighted by Crippen LogP contribution is 2.33. The number of amides is 1. The molecule has 1 aliphatic rings. The summed E-state index contributed by atoms with van der Waals surface area (Å²) in [7, 11) is 0. The van der Waals surface area contributed by atoms with Gasteiger partial charge in [-0.3, -0.25) is 4.79 Å². The zero-order chi connectivity index (χ0) is 12.3. The summed E-state index contributed by atoms with van der Waals surface area (Å²) in [5.74, 6) is 0.343. The Morgan fingerprint density at radius 2 is 2.47 bits per heavy atom. The normalized spacial score (nSPS) is 28.9. The Hall–Kier alpha value is -1.29. The quantitative estimate of drug-likeness (QED) is 0.842. The highest BCUT2D eigenvalue weighted by Gasteiger charge is 2.38. The average molecular weight is 236 g/mol. The number of furan rings is 1. The van der Waals surface area contributed by atoms with E-state index in [1.807, 2.05) is 0 Å². The molecule has 4 nitrogen and oxygen atoms in total. The molecule has 0 saturated heterocycles. The maximum absolute atomic E-state index is 12.1. The molecule has 2 unspecified atom stereocenters. The van der Waals surface area contributed by atoms with Crippen molar-refractivity contribution in [2.45, 2.75) is 38.1 Å². The van der Waals surface area contributed by atoms with Gasteiger partial charge in [0.1, 0.15) is 6.26 Å². The summed E-state index contributed by atoms with van der Waals surface area (Å²) in [6.07, 6.45) is 7.43. The van der Waals surface area contributed by atoms with Crippen LogP contribution in [-0.4, -0.2) is 18.0 Å². The minimum atomic E-state index is -0.243. The van der Waals surface area contributed by atoms with Crippen LogP contribution in [0.1, 0.15) is 43.0 Å². The molecular formula is C13H20N2O2. The van der Waals surface area contributed by atoms with Crippen LogP contribution in [0.25, 0.3) is 0 Å². The fourth-order valence-electron chi connectivity index (χ4n) is 2.65. The van der Waals surface area contributed by atoms with Gasteiger partial charge in [0, 0.05) is 6.54 Å². The van der Waals surface area contributed by atoms with Crippen LogP contribution in [0.3, 0.4) is 0 Å². The molecule has 2 atom stereocenters. The fourth-order valence-corrected chi connectivity index (χ4v) is 2.65. The van der Waals surface area contributed by atoms with Crippen LogP contribution in [0.5, 0.6) is 0 Å². The van der Waals surface area contributed by atoms with E-state index in [1.54, 1.807) is 6.07 Å². The minimum absolute atomic E-state index is 0.0852. The number of nitrogens with one attached hydrogen (secondary N) is 1. The lowest BCUT2D eigenvalue weighted by Crippen LogP contribution is -2.59. The Balaban J connectivity index is 2.11. The molecule has 3 N–H and O–H groups in total. The molecule has 1 amide bonds. The van der Waals surface area contributed by atoms with Gasteiger partial charge in [-0.1, -0.05) is 19.8 Å². The fraction of sp³-hybridized carbons (Fsp3) is 0.615. The van der Waals surface area contributed by atoms with Crippen LogP contribution in [0, 0.1) is 5.92 Å². The van der Waals surface area contributed by atoms with Gasteiger partial charge in [0.2, 0.25) is 0 Å². The number of hydrogen-bond donors (Lipinski definition) is 2. The number of rotatable bonds is 3. The standard InChI is InChI=1S/C13H20N2O2/c1-10-4-2-3-6-13(10,9-14)15-12(16)11-5-7-17-8-11/h5,7-8,10H,2-4,6,9,14H2,1H3,(H,15,16). The smallest absolute Gasteiger partial charge is 0.255 e. The SMILES string of the molecule is CC1CCCCC1(CN)NC(=O)c1ccoc1. The molecule has 0 aromatic carbocycles. The minimum Gasteiger partial charge on any atom is -0.472 e. The highest BCUT2D eigenvalue weighted by atomic mass is 16.3. The molecule has 1 aliphatic carbocycles. The number of carbonyl (C=O) groups excluding carboxylic acids is 1. The van der Waals surface area contributed by atoms with Gasteiger partial charge in [-0.25, -0.2) is 0 Å². The Kier molecular flexibility index (Phi) is 3.52. The first kappa shape index (κ1) is 12.2. The molecule has 4 heteroatoms. The van der Waals surface area contributed by atoms with Crippen molar-refractivity contribution in [3.05, 3.63) is 24.2 Å². The van der Waals surface area contributed by atoms with Crippen molar-refractivity contribution in [2.75, 3.05) is 6.54 Å². The van der Waals surface area contributed by atoms with Crippen molar-refractivity contribution in [1.82, 2.24) is 5.32 Å². The van der Waals surface area contributed by atoms with Crippen LogP contribution in [-0.2, 0) is 0 Å². The summed E-state index contributed by atoms with van der Waals surface area (Å²) >= 11 is 0. The van der Waals surface area contributed by atoms with E-state index in [0.29, 0.717) is 18.0 Å². The Morgan fingerprint density at radius 1 is 1.65 bits per heavy atom. The van der Waals surface area contributed by atoms with Gasteiger partial charge < -0.3 is 15.5 Å². The zero-order valence-corrected chi connectivity index (χ0v) is 10.2. The van der Waals surface area contributed by atoms with Gasteiger partial charge in [-0.05, 0) is 24.8 Å². The topological polar surface area (TPSA) is 68.3 Å². The summed E-state index contributed by atoms with van der Waals surface area (Å²) in [5.41, 5.74) is 6.21. The predicted octanol–water partition coefficient (Wildman–Crippen LogP) is 1.92. The molecule has 1 fully saturated rings. The second kappa shape index (κ2) is 4.92. The third kappa shape index (κ3) is 2.36. The second-order valence-electron chi connectivity index (χ2n) is 4.97. The van der Waals surface area contributed by atoms with E-state index in [1.165, 1.54) is 18.9 Å². The molecule has 0 spiro atoms. The monoisotopic (exact) mass is 236 g/mol. The first-order valence-electron chi connectivity index (χ1n) is 6.23. The van der Waals surface area contributed by atoms with Gasteiger partial charge in [0.15, 0.2) is 0 Å². The molecular weight excluding hydrogens is 216 g/mol. The van der Waals surface area contributed by atoms with E-state index in [-0.39, 0.29) is 11.4 Å². The molecule has 94 valence electrons. The lowest BCUT2D eigenvalue weighted by atomic mass is 9.73. The van der Waals surface area contributed by atoms with Gasteiger partial charge in [0.05, 0.1) is 17.4 Å². The van der Waals surface area contributed by atoms with Crippen LogP contribution >= 0.6 is 0 Å². The van der Waals surface area contributed by atoms with Crippen LogP contribution < -0.4 is 11.1 Å². The summed E-state index contributed by atoms with van der Waals surface area (Å²) in [5, 5.41) is 3.11. The molecule has 17 heavy (non-hydrogen) atoms. The van der Waals surface area contributed by atoms with E-state index < -0.39 is 0 Å². The first-order chi connectivity index (χ1) is 8.18. The maximum atomic E-state index is 12.1. The summed E-state index contributed by atoms with van der Waals surface area (Å²) in [6, 6.07) is 1.67. The number of nitrogens with two attached hydrogens (primary N) is 1. The van der Waals surface area contributed by atoms with Gasteiger partial charge in [0.25, 0.3) is 5.91 Å². The van der Waals surface area contributed by atoms with Crippen molar-refractivity contribution in [3.8, 4) is 0 Å². The Bertz CT molecular complexity index is 375. The largest absolute Gasteiger partial charge is 0.472 e. The van der Waals surface area contributed by atoms with Gasteiger partial charge in [-0.15, -0.1) is 0 Å². The molecule has 1 aromatic heterocycles. The van der Waals surface area contributed by atoms with E-state index in [9.17, 15) is 4.79 Å². The Morgan fingerprint density at radius 3 is 3.06 bits per heavy atom. The molecule has 0 radical (unpaired) electrons. The van der Waals surface area contributed by atoms with Crippen LogP contribution in [0.15, 0.2) is 23.0 Å². The third-order valence-electron chi connectivity index (χ3n) is 3.96. The zero-order valence-electron chi connectivity index (χ0n) is 10.2. The van der Waals surface area contributed by atoms with Crippen molar-refractivity contribution in [1.29, 1.82) is 0 Å². The van der Waals surface area contributed by atoms with Crippen LogP contribution in [0.4, 0.5) is 0 Å². The maximum Gasteiger partial charge on any atom is 0.255 e. The van der Waals surface area contributed by atoms with E-state index in [2.05, 4.69) is 12.2 Å². The average Bonchev–Trinajstić information content (AvgIpc) is 2.86. The highest BCUT2D eigenvalue weighted by molar-refractivity contribution is 5.94. The summed E-state index contributed by atoms with van der Waals surface area (Å²) in [4.78, 5) is 12.1. The van der Waals surface area contributed by atoms with Crippen molar-refractivity contribution in [3.63, 3.8) is 0 Å². The molecule has 2 rings (SSSR count). The molecule has 1 saturated carbocycles. The lowest BCUT2D eigenvalue weighted by molar-refractivity contribution is 0.0812. The predicted molar refractivity (Wildman–Crippen MR) is 65.6 cm³/mol. The Labute approximate surface area is 102 Å². The number of carbonyl (C=O) groups is 1. The molecule has 0 bridgehead atoms. The summed E-state index contributed by atoms with van der Waals surface area (Å²) < 4.78 is 4.93. The first-order valence-corrected chi connectivity index (χ1v) is 6.23. The van der Waals surface area contributed by atoms with Gasteiger partial charge in [-0.2, -0.15) is 0 Å². The van der Waals surface area contributed by atoms with Crippen molar-refractivity contribution in [2.24, 2.45) is 11.7 Å². The van der Waals surface area contributed by atoms with E-state index >= 15 is 0 Å². The summed E-state index contributed by atoms with van der Waals surface area (Å²) in [6.45, 7) is 2.67. The second-order valence-corrected chi connectivity index (χ2v) is 4.97. The van der Waals surface area contributed by atoms with Crippen LogP contribution in [0.2, 0.25) is 0 Å². The van der Waals surface area contributed by atoms with E-state index in [4.69, 9.17) is 10.2 Å². The lowest BCUT2D eigenvalue weighted by Gasteiger charge is -2.42. The van der Waals surface area contributed by atoms with Gasteiger partial charge >= 0.3 is 0 Å². The van der Waals surface area contributed by atoms with Crippen molar-refractivity contribution < 1.29 is 9.21 Å².